The van der Waals surface area contributed by atoms with Crippen molar-refractivity contribution in [3.8, 4) is 0 Å². The van der Waals surface area contributed by atoms with Crippen LogP contribution in [0.2, 0.25) is 0 Å². The van der Waals surface area contributed by atoms with Gasteiger partial charge in [0.1, 0.15) is 0 Å². The molecule has 1 unspecified atom stereocenters. The molecule has 0 bridgehead atoms. The molecule has 0 radical (unpaired) electrons. The summed E-state index contributed by atoms with van der Waals surface area (Å²) in [5.74, 6) is 0. The third kappa shape index (κ3) is 2.11. The smallest absolute Gasteiger partial charge is 0.0988 e. The molecule has 0 aliphatic carbocycles. The minimum Gasteiger partial charge on any atom is -0.384 e. The predicted molar refractivity (Wildman–Crippen MR) is 66.2 cm³/mol. The lowest BCUT2D eigenvalue weighted by Crippen LogP contribution is -1.91. The fourth-order valence-corrected chi connectivity index (χ4v) is 2.62. The zero-order valence-corrected chi connectivity index (χ0v) is 9.71. The van der Waals surface area contributed by atoms with E-state index in [1.807, 2.05) is 37.4 Å². The van der Waals surface area contributed by atoms with E-state index in [2.05, 4.69) is 12.1 Å². The quantitative estimate of drug-likeness (QED) is 0.758. The summed E-state index contributed by atoms with van der Waals surface area (Å²) in [5, 5.41) is 13.2. The van der Waals surface area contributed by atoms with Gasteiger partial charge in [0.25, 0.3) is 0 Å². The molecule has 2 heteroatoms. The van der Waals surface area contributed by atoms with Gasteiger partial charge in [-0.25, -0.2) is 0 Å². The van der Waals surface area contributed by atoms with Crippen LogP contribution in [0, 0.1) is 0 Å². The number of benzene rings is 1. The van der Waals surface area contributed by atoms with Gasteiger partial charge in [-0.05, 0) is 30.7 Å². The molecule has 1 heterocycles. The van der Waals surface area contributed by atoms with Gasteiger partial charge >= 0.3 is 0 Å². The third-order valence-corrected chi connectivity index (χ3v) is 3.30. The predicted octanol–water partition coefficient (Wildman–Crippen LogP) is 3.90. The van der Waals surface area contributed by atoms with Gasteiger partial charge in [-0.3, -0.25) is 0 Å². The Labute approximate surface area is 93.7 Å². The summed E-state index contributed by atoms with van der Waals surface area (Å²) in [7, 11) is 0. The van der Waals surface area contributed by atoms with Crippen molar-refractivity contribution in [3.05, 3.63) is 46.9 Å². The summed E-state index contributed by atoms with van der Waals surface area (Å²) in [5.41, 5.74) is 2.15. The molecular weight excluding hydrogens is 204 g/mol. The normalized spacial score (nSPS) is 12.7. The van der Waals surface area contributed by atoms with E-state index < -0.39 is 6.10 Å². The molecule has 1 aromatic heterocycles. The van der Waals surface area contributed by atoms with Crippen LogP contribution in [0.15, 0.2) is 41.3 Å². The van der Waals surface area contributed by atoms with Gasteiger partial charge in [-0.15, -0.1) is 11.3 Å². The summed E-state index contributed by atoms with van der Waals surface area (Å²) in [6.07, 6.45) is 1.40. The van der Waals surface area contributed by atoms with E-state index in [0.29, 0.717) is 0 Å². The fourth-order valence-electron chi connectivity index (χ4n) is 1.63. The van der Waals surface area contributed by atoms with E-state index in [1.54, 1.807) is 11.3 Å². The fraction of sp³-hybridized carbons (Fsp3) is 0.231. The molecular formula is C13H14OS. The number of hydrogen-bond donors (Lipinski definition) is 1. The number of rotatable bonds is 2. The van der Waals surface area contributed by atoms with Crippen LogP contribution >= 0.6 is 11.3 Å². The SMILES string of the molecule is CC(C)=CC(O)c1csc2ccccc12. The Kier molecular flexibility index (Phi) is 2.89. The van der Waals surface area contributed by atoms with Crippen molar-refractivity contribution in [2.75, 3.05) is 0 Å². The maximum Gasteiger partial charge on any atom is 0.0988 e. The second-order valence-corrected chi connectivity index (χ2v) is 4.79. The van der Waals surface area contributed by atoms with Crippen LogP contribution in [0.25, 0.3) is 10.1 Å². The van der Waals surface area contributed by atoms with E-state index in [0.717, 1.165) is 16.5 Å². The van der Waals surface area contributed by atoms with E-state index >= 15 is 0 Å². The van der Waals surface area contributed by atoms with Crippen LogP contribution in [0.3, 0.4) is 0 Å². The van der Waals surface area contributed by atoms with Crippen LogP contribution < -0.4 is 0 Å². The number of hydrogen-bond acceptors (Lipinski definition) is 2. The van der Waals surface area contributed by atoms with Crippen molar-refractivity contribution < 1.29 is 5.11 Å². The maximum atomic E-state index is 10.0. The molecule has 0 saturated heterocycles. The third-order valence-electron chi connectivity index (χ3n) is 2.32. The molecule has 0 aliphatic heterocycles. The molecule has 1 nitrogen and oxygen atoms in total. The summed E-state index contributed by atoms with van der Waals surface area (Å²) in [6, 6.07) is 8.17. The Morgan fingerprint density at radius 2 is 2.07 bits per heavy atom. The molecule has 0 spiro atoms. The van der Waals surface area contributed by atoms with E-state index in [1.165, 1.54) is 4.70 Å². The molecule has 2 rings (SSSR count). The zero-order chi connectivity index (χ0) is 10.8. The average Bonchev–Trinajstić information content (AvgIpc) is 2.59. The standard InChI is InChI=1S/C13H14OS/c1-9(2)7-12(14)11-8-15-13-6-4-3-5-10(11)13/h3-8,12,14H,1-2H3. The molecule has 78 valence electrons. The lowest BCUT2D eigenvalue weighted by atomic mass is 10.1. The van der Waals surface area contributed by atoms with Crippen molar-refractivity contribution in [2.45, 2.75) is 20.0 Å². The first-order chi connectivity index (χ1) is 7.18. The van der Waals surface area contributed by atoms with Gasteiger partial charge in [0.15, 0.2) is 0 Å². The van der Waals surface area contributed by atoms with Gasteiger partial charge in [-0.2, -0.15) is 0 Å². The molecule has 0 fully saturated rings. The Morgan fingerprint density at radius 1 is 1.33 bits per heavy atom. The van der Waals surface area contributed by atoms with Crippen molar-refractivity contribution in [2.24, 2.45) is 0 Å². The number of aliphatic hydroxyl groups is 1. The van der Waals surface area contributed by atoms with E-state index in [-0.39, 0.29) is 0 Å². The van der Waals surface area contributed by atoms with Gasteiger partial charge in [0.05, 0.1) is 6.10 Å². The lowest BCUT2D eigenvalue weighted by Gasteiger charge is -2.04. The highest BCUT2D eigenvalue weighted by molar-refractivity contribution is 7.17. The van der Waals surface area contributed by atoms with Crippen LogP contribution in [-0.2, 0) is 0 Å². The van der Waals surface area contributed by atoms with Gasteiger partial charge in [0.2, 0.25) is 0 Å². The first-order valence-electron chi connectivity index (χ1n) is 4.97. The monoisotopic (exact) mass is 218 g/mol. The van der Waals surface area contributed by atoms with Crippen LogP contribution in [0.5, 0.6) is 0 Å². The largest absolute Gasteiger partial charge is 0.384 e. The zero-order valence-electron chi connectivity index (χ0n) is 8.90. The minimum absolute atomic E-state index is 0.480. The lowest BCUT2D eigenvalue weighted by molar-refractivity contribution is 0.229. The Hall–Kier alpha value is -1.12. The van der Waals surface area contributed by atoms with E-state index in [9.17, 15) is 5.11 Å². The Morgan fingerprint density at radius 3 is 2.80 bits per heavy atom. The van der Waals surface area contributed by atoms with E-state index in [4.69, 9.17) is 0 Å². The topological polar surface area (TPSA) is 20.2 Å². The van der Waals surface area contributed by atoms with Crippen LogP contribution in [-0.4, -0.2) is 5.11 Å². The van der Waals surface area contributed by atoms with Crippen LogP contribution in [0.4, 0.5) is 0 Å². The molecule has 1 aromatic carbocycles. The van der Waals surface area contributed by atoms with Gasteiger partial charge in [-0.1, -0.05) is 29.8 Å². The molecule has 2 aromatic rings. The highest BCUT2D eigenvalue weighted by Gasteiger charge is 2.09. The first kappa shape index (κ1) is 10.4. The second-order valence-electron chi connectivity index (χ2n) is 3.88. The molecule has 15 heavy (non-hydrogen) atoms. The summed E-state index contributed by atoms with van der Waals surface area (Å²) < 4.78 is 1.23. The minimum atomic E-state index is -0.480. The first-order valence-corrected chi connectivity index (χ1v) is 5.85. The van der Waals surface area contributed by atoms with Crippen LogP contribution in [0.1, 0.15) is 25.5 Å². The molecule has 1 atom stereocenters. The Balaban J connectivity index is 2.48. The van der Waals surface area contributed by atoms with Crippen molar-refractivity contribution in [3.63, 3.8) is 0 Å². The average molecular weight is 218 g/mol. The molecule has 0 amide bonds. The van der Waals surface area contributed by atoms with Gasteiger partial charge < -0.3 is 5.11 Å². The molecule has 0 saturated carbocycles. The summed E-state index contributed by atoms with van der Waals surface area (Å²) in [6.45, 7) is 4.00. The highest BCUT2D eigenvalue weighted by atomic mass is 32.1. The highest BCUT2D eigenvalue weighted by Crippen LogP contribution is 2.30. The number of allylic oxidation sites excluding steroid dienone is 1. The van der Waals surface area contributed by atoms with Crippen molar-refractivity contribution in [1.82, 2.24) is 0 Å². The number of fused-ring (bicyclic) bond motifs is 1. The molecule has 1 N–H and O–H groups in total. The molecule has 0 aliphatic rings. The summed E-state index contributed by atoms with van der Waals surface area (Å²) >= 11 is 1.68. The number of thiophene rings is 1. The Bertz CT molecular complexity index is 492. The van der Waals surface area contributed by atoms with Gasteiger partial charge in [0, 0.05) is 10.3 Å². The maximum absolute atomic E-state index is 10.0. The summed E-state index contributed by atoms with van der Waals surface area (Å²) in [4.78, 5) is 0. The second kappa shape index (κ2) is 4.17. The van der Waals surface area contributed by atoms with Crippen molar-refractivity contribution >= 4 is 21.4 Å². The van der Waals surface area contributed by atoms with Crippen molar-refractivity contribution in [1.29, 1.82) is 0 Å². The number of aliphatic hydroxyl groups excluding tert-OH is 1.